The third kappa shape index (κ3) is 5.39. The molecule has 1 N–H and O–H groups in total. The molecule has 0 aliphatic rings. The van der Waals surface area contributed by atoms with Crippen LogP contribution in [0, 0.1) is 0 Å². The summed E-state index contributed by atoms with van der Waals surface area (Å²) in [7, 11) is 0. The molecule has 4 heteroatoms. The van der Waals surface area contributed by atoms with E-state index in [4.69, 9.17) is 11.6 Å². The predicted octanol–water partition coefficient (Wildman–Crippen LogP) is 5.09. The molecule has 1 atom stereocenters. The molecule has 0 bridgehead atoms. The first-order valence-electron chi connectivity index (χ1n) is 7.41. The van der Waals surface area contributed by atoms with Crippen molar-refractivity contribution in [3.63, 3.8) is 0 Å². The molecule has 0 radical (unpaired) electrons. The van der Waals surface area contributed by atoms with E-state index in [0.29, 0.717) is 6.42 Å². The zero-order valence-electron chi connectivity index (χ0n) is 12.6. The molecule has 2 nitrogen and oxygen atoms in total. The van der Waals surface area contributed by atoms with Gasteiger partial charge in [0, 0.05) is 22.1 Å². The van der Waals surface area contributed by atoms with Gasteiger partial charge in [-0.05, 0) is 36.2 Å². The van der Waals surface area contributed by atoms with E-state index in [1.807, 2.05) is 42.5 Å². The van der Waals surface area contributed by atoms with Crippen LogP contribution in [0.2, 0.25) is 5.02 Å². The summed E-state index contributed by atoms with van der Waals surface area (Å²) in [4.78, 5) is 13.2. The van der Waals surface area contributed by atoms with Crippen LogP contribution in [0.25, 0.3) is 0 Å². The Kier molecular flexibility index (Phi) is 6.81. The maximum absolute atomic E-state index is 12.1. The van der Waals surface area contributed by atoms with Gasteiger partial charge in [-0.25, -0.2) is 0 Å². The molecule has 22 heavy (non-hydrogen) atoms. The van der Waals surface area contributed by atoms with Crippen LogP contribution in [0.3, 0.4) is 0 Å². The number of nitrogens with one attached hydrogen (secondary N) is 1. The first-order chi connectivity index (χ1) is 10.7. The zero-order valence-corrected chi connectivity index (χ0v) is 14.2. The highest BCUT2D eigenvalue weighted by Crippen LogP contribution is 2.21. The Labute approximate surface area is 141 Å². The highest BCUT2D eigenvalue weighted by Gasteiger charge is 2.12. The average molecular weight is 334 g/mol. The van der Waals surface area contributed by atoms with Crippen molar-refractivity contribution >= 4 is 29.3 Å². The quantitative estimate of drug-likeness (QED) is 0.715. The third-order valence-corrected chi connectivity index (χ3v) is 4.62. The molecule has 0 heterocycles. The van der Waals surface area contributed by atoms with Crippen LogP contribution in [0.5, 0.6) is 0 Å². The Balaban J connectivity index is 1.78. The van der Waals surface area contributed by atoms with Crippen LogP contribution in [-0.4, -0.2) is 11.7 Å². The zero-order chi connectivity index (χ0) is 15.8. The SMILES string of the molecule is CC[C@H](NC(=O)CCSc1ccc(Cl)cc1)c1ccccc1. The second-order valence-corrected chi connectivity index (χ2v) is 6.60. The second-order valence-electron chi connectivity index (χ2n) is 4.99. The summed E-state index contributed by atoms with van der Waals surface area (Å²) in [5.41, 5.74) is 1.16. The largest absolute Gasteiger partial charge is 0.349 e. The van der Waals surface area contributed by atoms with Crippen LogP contribution in [0.1, 0.15) is 31.4 Å². The first-order valence-corrected chi connectivity index (χ1v) is 8.78. The van der Waals surface area contributed by atoms with E-state index in [1.165, 1.54) is 0 Å². The summed E-state index contributed by atoms with van der Waals surface area (Å²) in [6, 6.07) is 17.9. The lowest BCUT2D eigenvalue weighted by Crippen LogP contribution is -2.28. The van der Waals surface area contributed by atoms with Crippen molar-refractivity contribution in [1.29, 1.82) is 0 Å². The summed E-state index contributed by atoms with van der Waals surface area (Å²) in [6.07, 6.45) is 1.40. The normalized spacial score (nSPS) is 11.9. The van der Waals surface area contributed by atoms with Gasteiger partial charge in [0.1, 0.15) is 0 Å². The molecule has 2 aromatic carbocycles. The number of rotatable bonds is 7. The lowest BCUT2D eigenvalue weighted by molar-refractivity contribution is -0.121. The number of amides is 1. The molecule has 2 rings (SSSR count). The van der Waals surface area contributed by atoms with Gasteiger partial charge in [-0.1, -0.05) is 48.9 Å². The van der Waals surface area contributed by atoms with E-state index in [9.17, 15) is 4.79 Å². The maximum atomic E-state index is 12.1. The van der Waals surface area contributed by atoms with Gasteiger partial charge in [0.2, 0.25) is 5.91 Å². The number of thioether (sulfide) groups is 1. The Hall–Kier alpha value is -1.45. The second kappa shape index (κ2) is 8.86. The van der Waals surface area contributed by atoms with E-state index in [2.05, 4.69) is 24.4 Å². The molecule has 1 amide bonds. The van der Waals surface area contributed by atoms with Gasteiger partial charge < -0.3 is 5.32 Å². The van der Waals surface area contributed by atoms with Crippen LogP contribution in [0.15, 0.2) is 59.5 Å². The first kappa shape index (κ1) is 16.9. The van der Waals surface area contributed by atoms with Crippen molar-refractivity contribution < 1.29 is 4.79 Å². The summed E-state index contributed by atoms with van der Waals surface area (Å²) >= 11 is 7.52. The summed E-state index contributed by atoms with van der Waals surface area (Å²) in [5.74, 6) is 0.857. The number of hydrogen-bond donors (Lipinski definition) is 1. The molecule has 0 saturated carbocycles. The van der Waals surface area contributed by atoms with Crippen molar-refractivity contribution in [2.75, 3.05) is 5.75 Å². The lowest BCUT2D eigenvalue weighted by Gasteiger charge is -2.17. The van der Waals surface area contributed by atoms with Crippen molar-refractivity contribution in [2.24, 2.45) is 0 Å². The van der Waals surface area contributed by atoms with Gasteiger partial charge in [-0.15, -0.1) is 11.8 Å². The number of hydrogen-bond acceptors (Lipinski definition) is 2. The number of carbonyl (C=O) groups is 1. The number of benzene rings is 2. The van der Waals surface area contributed by atoms with Crippen LogP contribution < -0.4 is 5.32 Å². The Bertz CT molecular complexity index is 586. The molecular weight excluding hydrogens is 314 g/mol. The summed E-state index contributed by atoms with van der Waals surface area (Å²) in [5, 5.41) is 3.84. The highest BCUT2D eigenvalue weighted by atomic mass is 35.5. The minimum Gasteiger partial charge on any atom is -0.349 e. The smallest absolute Gasteiger partial charge is 0.221 e. The maximum Gasteiger partial charge on any atom is 0.221 e. The molecule has 0 fully saturated rings. The lowest BCUT2D eigenvalue weighted by atomic mass is 10.0. The Morgan fingerprint density at radius 1 is 1.14 bits per heavy atom. The summed E-state index contributed by atoms with van der Waals surface area (Å²) < 4.78 is 0. The van der Waals surface area contributed by atoms with Crippen LogP contribution >= 0.6 is 23.4 Å². The Morgan fingerprint density at radius 2 is 1.82 bits per heavy atom. The number of halogens is 1. The van der Waals surface area contributed by atoms with Gasteiger partial charge in [-0.2, -0.15) is 0 Å². The van der Waals surface area contributed by atoms with Crippen molar-refractivity contribution in [1.82, 2.24) is 5.32 Å². The van der Waals surface area contributed by atoms with Gasteiger partial charge in [0.15, 0.2) is 0 Å². The third-order valence-electron chi connectivity index (χ3n) is 3.36. The predicted molar refractivity (Wildman–Crippen MR) is 94.4 cm³/mol. The Morgan fingerprint density at radius 3 is 2.45 bits per heavy atom. The topological polar surface area (TPSA) is 29.1 Å². The minimum absolute atomic E-state index is 0.0919. The molecule has 0 aliphatic carbocycles. The standard InChI is InChI=1S/C18H20ClNOS/c1-2-17(14-6-4-3-5-7-14)20-18(21)12-13-22-16-10-8-15(19)9-11-16/h3-11,17H,2,12-13H2,1H3,(H,20,21)/t17-/m0/s1. The fraction of sp³-hybridized carbons (Fsp3) is 0.278. The molecule has 0 aromatic heterocycles. The molecular formula is C18H20ClNOS. The van der Waals surface area contributed by atoms with Gasteiger partial charge in [-0.3, -0.25) is 4.79 Å². The monoisotopic (exact) mass is 333 g/mol. The van der Waals surface area contributed by atoms with Crippen molar-refractivity contribution in [2.45, 2.75) is 30.7 Å². The fourth-order valence-corrected chi connectivity index (χ4v) is 3.14. The molecule has 116 valence electrons. The molecule has 0 spiro atoms. The molecule has 0 aliphatic heterocycles. The molecule has 0 unspecified atom stereocenters. The van der Waals surface area contributed by atoms with Gasteiger partial charge in [0.05, 0.1) is 6.04 Å². The molecule has 2 aromatic rings. The number of carbonyl (C=O) groups excluding carboxylic acids is 1. The van der Waals surface area contributed by atoms with Gasteiger partial charge in [0.25, 0.3) is 0 Å². The van der Waals surface area contributed by atoms with E-state index < -0.39 is 0 Å². The van der Waals surface area contributed by atoms with E-state index in [-0.39, 0.29) is 11.9 Å². The highest BCUT2D eigenvalue weighted by molar-refractivity contribution is 7.99. The minimum atomic E-state index is 0.0919. The van der Waals surface area contributed by atoms with Crippen molar-refractivity contribution in [3.8, 4) is 0 Å². The summed E-state index contributed by atoms with van der Waals surface area (Å²) in [6.45, 7) is 2.08. The van der Waals surface area contributed by atoms with E-state index in [0.717, 1.165) is 27.7 Å². The molecule has 0 saturated heterocycles. The average Bonchev–Trinajstić information content (AvgIpc) is 2.55. The van der Waals surface area contributed by atoms with Crippen LogP contribution in [-0.2, 0) is 4.79 Å². The van der Waals surface area contributed by atoms with E-state index >= 15 is 0 Å². The fourth-order valence-electron chi connectivity index (χ4n) is 2.17. The van der Waals surface area contributed by atoms with Crippen molar-refractivity contribution in [3.05, 3.63) is 65.2 Å². The van der Waals surface area contributed by atoms with Gasteiger partial charge >= 0.3 is 0 Å². The van der Waals surface area contributed by atoms with E-state index in [1.54, 1.807) is 11.8 Å². The van der Waals surface area contributed by atoms with Crippen LogP contribution in [0.4, 0.5) is 0 Å².